The second-order valence-corrected chi connectivity index (χ2v) is 10.5. The number of anilines is 2. The molecule has 1 unspecified atom stereocenters. The fourth-order valence-electron chi connectivity index (χ4n) is 4.76. The molecule has 4 rings (SSSR count). The maximum absolute atomic E-state index is 12.9. The van der Waals surface area contributed by atoms with E-state index in [0.29, 0.717) is 18.1 Å². The molecule has 11 nitrogen and oxygen atoms in total. The molecule has 1 fully saturated rings. The average Bonchev–Trinajstić information content (AvgIpc) is 2.98. The van der Waals surface area contributed by atoms with Crippen molar-refractivity contribution in [2.45, 2.75) is 38.3 Å². The molecule has 2 aromatic heterocycles. The lowest BCUT2D eigenvalue weighted by molar-refractivity contribution is -0.132. The first-order valence-corrected chi connectivity index (χ1v) is 14.1. The number of halogens is 1. The van der Waals surface area contributed by atoms with Gasteiger partial charge in [0.05, 0.1) is 0 Å². The Morgan fingerprint density at radius 3 is 2.63 bits per heavy atom. The van der Waals surface area contributed by atoms with Gasteiger partial charge in [-0.25, -0.2) is 9.97 Å². The van der Waals surface area contributed by atoms with Crippen LogP contribution in [0.4, 0.5) is 11.6 Å². The molecule has 218 valence electrons. The summed E-state index contributed by atoms with van der Waals surface area (Å²) in [4.78, 5) is 41.5. The summed E-state index contributed by atoms with van der Waals surface area (Å²) >= 11 is 6.00. The monoisotopic (exact) mass is 580 g/mol. The number of aromatic nitrogens is 3. The van der Waals surface area contributed by atoms with Crippen LogP contribution in [0.15, 0.2) is 48.8 Å². The number of likely N-dealkylation sites (tertiary alicyclic amines) is 1. The lowest BCUT2D eigenvalue weighted by Gasteiger charge is -2.33. The maximum Gasteiger partial charge on any atom is 0.274 e. The third-order valence-electron chi connectivity index (χ3n) is 6.99. The molecule has 1 aromatic carbocycles. The molecule has 0 bridgehead atoms. The molecule has 0 spiro atoms. The van der Waals surface area contributed by atoms with E-state index in [1.54, 1.807) is 31.4 Å². The predicted octanol–water partition coefficient (Wildman–Crippen LogP) is 3.01. The quantitative estimate of drug-likeness (QED) is 0.295. The van der Waals surface area contributed by atoms with Gasteiger partial charge < -0.3 is 30.9 Å². The first-order chi connectivity index (χ1) is 19.8. The molecular formula is C29H37ClN8O3. The molecule has 1 atom stereocenters. The highest BCUT2D eigenvalue weighted by Gasteiger charge is 2.24. The van der Waals surface area contributed by atoms with E-state index >= 15 is 0 Å². The van der Waals surface area contributed by atoms with E-state index in [-0.39, 0.29) is 41.1 Å². The van der Waals surface area contributed by atoms with Crippen LogP contribution >= 0.6 is 11.6 Å². The second kappa shape index (κ2) is 14.6. The van der Waals surface area contributed by atoms with E-state index in [4.69, 9.17) is 22.1 Å². The molecule has 3 heterocycles. The summed E-state index contributed by atoms with van der Waals surface area (Å²) in [6.07, 6.45) is 7.24. The van der Waals surface area contributed by atoms with Crippen molar-refractivity contribution in [2.75, 3.05) is 51.4 Å². The zero-order chi connectivity index (χ0) is 29.2. The minimum atomic E-state index is -0.319. The van der Waals surface area contributed by atoms with Crippen molar-refractivity contribution in [3.8, 4) is 5.75 Å². The minimum Gasteiger partial charge on any atom is -0.484 e. The molecule has 1 aliphatic heterocycles. The molecule has 2 amide bonds. The number of likely N-dealkylation sites (N-methyl/N-ethyl adjacent to an activating group) is 1. The molecule has 4 N–H and O–H groups in total. The van der Waals surface area contributed by atoms with E-state index in [1.165, 1.54) is 5.56 Å². The van der Waals surface area contributed by atoms with E-state index in [0.717, 1.165) is 50.9 Å². The van der Waals surface area contributed by atoms with Crippen molar-refractivity contribution in [1.82, 2.24) is 30.1 Å². The topological polar surface area (TPSA) is 139 Å². The van der Waals surface area contributed by atoms with E-state index in [1.807, 2.05) is 36.4 Å². The van der Waals surface area contributed by atoms with Gasteiger partial charge in [-0.1, -0.05) is 23.7 Å². The van der Waals surface area contributed by atoms with E-state index in [2.05, 4.69) is 30.5 Å². The van der Waals surface area contributed by atoms with Crippen LogP contribution in [0.5, 0.6) is 5.75 Å². The van der Waals surface area contributed by atoms with Gasteiger partial charge in [0.1, 0.15) is 5.75 Å². The minimum absolute atomic E-state index is 0.0112. The highest BCUT2D eigenvalue weighted by atomic mass is 35.5. The van der Waals surface area contributed by atoms with Crippen LogP contribution in [-0.2, 0) is 17.8 Å². The Morgan fingerprint density at radius 1 is 1.15 bits per heavy atom. The number of nitrogens with two attached hydrogens (primary N) is 1. The largest absolute Gasteiger partial charge is 0.484 e. The Kier molecular flexibility index (Phi) is 10.7. The van der Waals surface area contributed by atoms with Crippen molar-refractivity contribution in [2.24, 2.45) is 0 Å². The summed E-state index contributed by atoms with van der Waals surface area (Å²) in [5, 5.41) is 5.94. The number of hydrogen-bond acceptors (Lipinski definition) is 9. The number of piperidine rings is 1. The Balaban J connectivity index is 1.18. The number of carbonyl (C=O) groups excluding carboxylic acids is 2. The Morgan fingerprint density at radius 2 is 1.90 bits per heavy atom. The third-order valence-corrected chi connectivity index (χ3v) is 7.27. The molecule has 0 aliphatic carbocycles. The maximum atomic E-state index is 12.9. The Hall–Kier alpha value is -3.96. The van der Waals surface area contributed by atoms with Crippen LogP contribution in [0.2, 0.25) is 5.15 Å². The number of pyridine rings is 1. The predicted molar refractivity (Wildman–Crippen MR) is 159 cm³/mol. The normalized spacial score (nSPS) is 15.2. The van der Waals surface area contributed by atoms with E-state index in [9.17, 15) is 9.59 Å². The summed E-state index contributed by atoms with van der Waals surface area (Å²) in [6, 6.07) is 11.7. The number of nitrogen functional groups attached to an aromatic ring is 1. The van der Waals surface area contributed by atoms with Gasteiger partial charge in [0.25, 0.3) is 11.8 Å². The molecular weight excluding hydrogens is 544 g/mol. The number of amides is 2. The molecule has 1 aliphatic rings. The van der Waals surface area contributed by atoms with Crippen LogP contribution in [-0.4, -0.2) is 82.9 Å². The van der Waals surface area contributed by atoms with Gasteiger partial charge in [-0.15, -0.1) is 0 Å². The Labute approximate surface area is 245 Å². The lowest BCUT2D eigenvalue weighted by Crippen LogP contribution is -2.48. The second-order valence-electron chi connectivity index (χ2n) is 10.1. The molecule has 0 saturated carbocycles. The van der Waals surface area contributed by atoms with Crippen molar-refractivity contribution >= 4 is 35.1 Å². The highest BCUT2D eigenvalue weighted by molar-refractivity contribution is 6.31. The van der Waals surface area contributed by atoms with Gasteiger partial charge in [-0.2, -0.15) is 0 Å². The SMILES string of the molecule is CNc1nc(N)c(Cl)nc1C(=O)NC1CCCN(CCCc2ccc(OCC(=O)N(C)Cc3ccncc3)cc2)C1. The van der Waals surface area contributed by atoms with Crippen molar-refractivity contribution in [3.63, 3.8) is 0 Å². The zero-order valence-corrected chi connectivity index (χ0v) is 24.2. The standard InChI is InChI=1S/C29H37ClN8O3/c1-32-28-25(35-26(30)27(31)36-28)29(40)34-22-6-4-16-38(18-22)15-3-5-20-7-9-23(10-8-20)41-19-24(39)37(2)17-21-11-13-33-14-12-21/h7-14,22H,3-6,15-19H2,1-2H3,(H,34,40)(H3,31,32,36). The summed E-state index contributed by atoms with van der Waals surface area (Å²) in [6.45, 7) is 3.20. The molecule has 12 heteroatoms. The fraction of sp³-hybridized carbons (Fsp3) is 0.414. The van der Waals surface area contributed by atoms with Crippen LogP contribution in [0.3, 0.4) is 0 Å². The van der Waals surface area contributed by atoms with Gasteiger partial charge in [0, 0.05) is 45.6 Å². The first-order valence-electron chi connectivity index (χ1n) is 13.7. The summed E-state index contributed by atoms with van der Waals surface area (Å²) in [5.41, 5.74) is 8.08. The molecule has 1 saturated heterocycles. The zero-order valence-electron chi connectivity index (χ0n) is 23.5. The van der Waals surface area contributed by atoms with Gasteiger partial charge in [-0.3, -0.25) is 14.6 Å². The number of rotatable bonds is 12. The summed E-state index contributed by atoms with van der Waals surface area (Å²) < 4.78 is 5.71. The van der Waals surface area contributed by atoms with Gasteiger partial charge >= 0.3 is 0 Å². The van der Waals surface area contributed by atoms with Crippen LogP contribution in [0.1, 0.15) is 40.9 Å². The number of nitrogens with zero attached hydrogens (tertiary/aromatic N) is 5. The lowest BCUT2D eigenvalue weighted by atomic mass is 10.0. The van der Waals surface area contributed by atoms with Crippen LogP contribution < -0.4 is 21.1 Å². The smallest absolute Gasteiger partial charge is 0.274 e. The molecule has 0 radical (unpaired) electrons. The average molecular weight is 581 g/mol. The first kappa shape index (κ1) is 30.0. The Bertz CT molecular complexity index is 1310. The molecule has 3 aromatic rings. The van der Waals surface area contributed by atoms with Gasteiger partial charge in [0.2, 0.25) is 0 Å². The number of hydrogen-bond donors (Lipinski definition) is 3. The third kappa shape index (κ3) is 8.76. The molecule has 41 heavy (non-hydrogen) atoms. The fourth-order valence-corrected chi connectivity index (χ4v) is 4.88. The van der Waals surface area contributed by atoms with Crippen LogP contribution in [0, 0.1) is 0 Å². The number of nitrogens with one attached hydrogen (secondary N) is 2. The van der Waals surface area contributed by atoms with Crippen LogP contribution in [0.25, 0.3) is 0 Å². The van der Waals surface area contributed by atoms with Crippen molar-refractivity contribution in [1.29, 1.82) is 0 Å². The number of benzene rings is 1. The highest BCUT2D eigenvalue weighted by Crippen LogP contribution is 2.20. The van der Waals surface area contributed by atoms with Gasteiger partial charge in [0.15, 0.2) is 29.1 Å². The number of ether oxygens (including phenoxy) is 1. The van der Waals surface area contributed by atoms with E-state index < -0.39 is 0 Å². The number of carbonyl (C=O) groups is 2. The van der Waals surface area contributed by atoms with Gasteiger partial charge in [-0.05, 0) is 74.2 Å². The van der Waals surface area contributed by atoms with Crippen molar-refractivity contribution in [3.05, 3.63) is 70.8 Å². The van der Waals surface area contributed by atoms with Crippen molar-refractivity contribution < 1.29 is 14.3 Å². The summed E-state index contributed by atoms with van der Waals surface area (Å²) in [5.74, 6) is 0.639. The summed E-state index contributed by atoms with van der Waals surface area (Å²) in [7, 11) is 3.42. The number of aryl methyl sites for hydroxylation is 1.